The van der Waals surface area contributed by atoms with Gasteiger partial charge in [0.05, 0.1) is 17.2 Å². The number of carboxylic acid groups (broad SMARTS) is 1. The zero-order valence-corrected chi connectivity index (χ0v) is 14.3. The summed E-state index contributed by atoms with van der Waals surface area (Å²) in [7, 11) is 2.02. The normalized spacial score (nSPS) is 17.0. The van der Waals surface area contributed by atoms with E-state index in [0.29, 0.717) is 12.2 Å². The number of hydrogen-bond donors (Lipinski definition) is 3. The number of nitrogens with one attached hydrogen (secondary N) is 1. The topological polar surface area (TPSA) is 116 Å². The lowest BCUT2D eigenvalue weighted by atomic mass is 10.0. The third-order valence-electron chi connectivity index (χ3n) is 4.32. The van der Waals surface area contributed by atoms with Crippen LogP contribution in [0.5, 0.6) is 0 Å². The molecule has 1 aromatic rings. The third-order valence-corrected chi connectivity index (χ3v) is 4.32. The van der Waals surface area contributed by atoms with Crippen LogP contribution in [0.15, 0.2) is 24.3 Å². The highest BCUT2D eigenvalue weighted by atomic mass is 16.4. The zero-order valence-electron chi connectivity index (χ0n) is 14.3. The summed E-state index contributed by atoms with van der Waals surface area (Å²) >= 11 is 0. The summed E-state index contributed by atoms with van der Waals surface area (Å²) in [5, 5.41) is 12.0. The van der Waals surface area contributed by atoms with Crippen molar-refractivity contribution in [3.05, 3.63) is 29.8 Å². The lowest BCUT2D eigenvalue weighted by molar-refractivity contribution is -0.144. The van der Waals surface area contributed by atoms with Crippen LogP contribution in [-0.2, 0) is 9.59 Å². The van der Waals surface area contributed by atoms with E-state index in [1.165, 1.54) is 6.07 Å². The number of carboxylic acids is 1. The molecule has 8 heteroatoms. The van der Waals surface area contributed by atoms with Crippen LogP contribution >= 0.6 is 0 Å². The molecule has 2 rings (SSSR count). The van der Waals surface area contributed by atoms with Gasteiger partial charge in [0.15, 0.2) is 0 Å². The van der Waals surface area contributed by atoms with Crippen molar-refractivity contribution in [3.8, 4) is 0 Å². The van der Waals surface area contributed by atoms with Crippen molar-refractivity contribution in [2.45, 2.75) is 6.42 Å². The molecule has 25 heavy (non-hydrogen) atoms. The first-order chi connectivity index (χ1) is 11.9. The Labute approximate surface area is 146 Å². The zero-order chi connectivity index (χ0) is 18.4. The maximum absolute atomic E-state index is 12.2. The van der Waals surface area contributed by atoms with Gasteiger partial charge in [-0.05, 0) is 19.2 Å². The number of carbonyl (C=O) groups excluding carboxylic acids is 2. The van der Waals surface area contributed by atoms with Crippen LogP contribution in [0.2, 0.25) is 0 Å². The minimum Gasteiger partial charge on any atom is -0.481 e. The Morgan fingerprint density at radius 1 is 1.20 bits per heavy atom. The smallest absolute Gasteiger partial charge is 0.308 e. The van der Waals surface area contributed by atoms with Crippen molar-refractivity contribution in [2.24, 2.45) is 11.7 Å². The van der Waals surface area contributed by atoms with E-state index in [0.717, 1.165) is 26.2 Å². The van der Waals surface area contributed by atoms with Gasteiger partial charge >= 0.3 is 5.97 Å². The summed E-state index contributed by atoms with van der Waals surface area (Å²) in [6, 6.07) is 6.38. The van der Waals surface area contributed by atoms with Crippen LogP contribution in [0.1, 0.15) is 16.8 Å². The first-order valence-corrected chi connectivity index (χ1v) is 8.19. The largest absolute Gasteiger partial charge is 0.481 e. The van der Waals surface area contributed by atoms with Crippen molar-refractivity contribution < 1.29 is 19.5 Å². The standard InChI is InChI=1S/C17H24N4O4/c1-20-6-8-21(9-7-20)11-12(17(24)25)10-15(22)19-14-5-3-2-4-13(14)16(18)23/h2-5,12H,6-11H2,1H3,(H2,18,23)(H,19,22)(H,24,25)/t12-/m0/s1. The molecule has 1 aliphatic rings. The van der Waals surface area contributed by atoms with Gasteiger partial charge in [0.1, 0.15) is 0 Å². The summed E-state index contributed by atoms with van der Waals surface area (Å²) in [5.74, 6) is -2.90. The molecule has 0 spiro atoms. The number of aliphatic carboxylic acids is 1. The number of benzene rings is 1. The van der Waals surface area contributed by atoms with Crippen LogP contribution in [0.25, 0.3) is 0 Å². The van der Waals surface area contributed by atoms with E-state index in [2.05, 4.69) is 15.1 Å². The molecule has 1 heterocycles. The molecular weight excluding hydrogens is 324 g/mol. The van der Waals surface area contributed by atoms with Gasteiger partial charge in [-0.3, -0.25) is 19.3 Å². The van der Waals surface area contributed by atoms with Gasteiger partial charge in [0, 0.05) is 39.1 Å². The summed E-state index contributed by atoms with van der Waals surface area (Å²) in [5.41, 5.74) is 5.77. The Morgan fingerprint density at radius 2 is 1.84 bits per heavy atom. The highest BCUT2D eigenvalue weighted by Crippen LogP contribution is 2.16. The Balaban J connectivity index is 1.96. The van der Waals surface area contributed by atoms with Crippen molar-refractivity contribution in [1.82, 2.24) is 9.80 Å². The number of likely N-dealkylation sites (N-methyl/N-ethyl adjacent to an activating group) is 1. The molecule has 0 unspecified atom stereocenters. The van der Waals surface area contributed by atoms with Crippen molar-refractivity contribution >= 4 is 23.5 Å². The van der Waals surface area contributed by atoms with Crippen LogP contribution in [0.3, 0.4) is 0 Å². The van der Waals surface area contributed by atoms with Crippen LogP contribution < -0.4 is 11.1 Å². The Morgan fingerprint density at radius 3 is 2.44 bits per heavy atom. The van der Waals surface area contributed by atoms with E-state index in [9.17, 15) is 19.5 Å². The van der Waals surface area contributed by atoms with Gasteiger partial charge in [0.25, 0.3) is 5.91 Å². The monoisotopic (exact) mass is 348 g/mol. The maximum Gasteiger partial charge on any atom is 0.308 e. The minimum absolute atomic E-state index is 0.158. The number of anilines is 1. The fraction of sp³-hybridized carbons (Fsp3) is 0.471. The SMILES string of the molecule is CN1CCN(C[C@H](CC(=O)Nc2ccccc2C(N)=O)C(=O)O)CC1. The molecule has 1 aromatic carbocycles. The van der Waals surface area contributed by atoms with E-state index >= 15 is 0 Å². The van der Waals surface area contributed by atoms with Crippen LogP contribution in [-0.4, -0.2) is 72.5 Å². The minimum atomic E-state index is -1.00. The highest BCUT2D eigenvalue weighted by molar-refractivity contribution is 6.03. The van der Waals surface area contributed by atoms with E-state index in [1.54, 1.807) is 18.2 Å². The molecule has 0 saturated carbocycles. The fourth-order valence-electron chi connectivity index (χ4n) is 2.80. The van der Waals surface area contributed by atoms with E-state index in [-0.39, 0.29) is 12.0 Å². The van der Waals surface area contributed by atoms with Crippen molar-refractivity contribution in [3.63, 3.8) is 0 Å². The van der Waals surface area contributed by atoms with Gasteiger partial charge in [0.2, 0.25) is 5.91 Å². The molecule has 1 fully saturated rings. The molecular formula is C17H24N4O4. The van der Waals surface area contributed by atoms with E-state index < -0.39 is 23.7 Å². The quantitative estimate of drug-likeness (QED) is 0.642. The molecule has 4 N–H and O–H groups in total. The molecule has 1 aliphatic heterocycles. The number of para-hydroxylation sites is 1. The summed E-state index contributed by atoms with van der Waals surface area (Å²) in [4.78, 5) is 39.4. The second kappa shape index (κ2) is 8.59. The summed E-state index contributed by atoms with van der Waals surface area (Å²) < 4.78 is 0. The number of carbonyl (C=O) groups is 3. The van der Waals surface area contributed by atoms with Crippen molar-refractivity contribution in [2.75, 3.05) is 45.1 Å². The van der Waals surface area contributed by atoms with E-state index in [4.69, 9.17) is 5.73 Å². The number of hydrogen-bond acceptors (Lipinski definition) is 5. The van der Waals surface area contributed by atoms with Gasteiger partial charge in [-0.25, -0.2) is 0 Å². The number of nitrogens with two attached hydrogens (primary N) is 1. The van der Waals surface area contributed by atoms with Crippen LogP contribution in [0, 0.1) is 5.92 Å². The number of rotatable bonds is 7. The average molecular weight is 348 g/mol. The lowest BCUT2D eigenvalue weighted by Crippen LogP contribution is -2.47. The molecule has 0 aromatic heterocycles. The van der Waals surface area contributed by atoms with Gasteiger partial charge in [-0.1, -0.05) is 12.1 Å². The predicted octanol–water partition coefficient (Wildman–Crippen LogP) is 0.0623. The third kappa shape index (κ3) is 5.54. The van der Waals surface area contributed by atoms with Crippen LogP contribution in [0.4, 0.5) is 5.69 Å². The number of piperazine rings is 1. The maximum atomic E-state index is 12.2. The molecule has 136 valence electrons. The van der Waals surface area contributed by atoms with Gasteiger partial charge in [-0.15, -0.1) is 0 Å². The first kappa shape index (κ1) is 18.9. The molecule has 2 amide bonds. The summed E-state index contributed by atoms with van der Waals surface area (Å²) in [6.07, 6.45) is -0.158. The average Bonchev–Trinajstić information content (AvgIpc) is 2.56. The molecule has 0 bridgehead atoms. The molecule has 1 saturated heterocycles. The predicted molar refractivity (Wildman–Crippen MR) is 93.3 cm³/mol. The summed E-state index contributed by atoms with van der Waals surface area (Å²) in [6.45, 7) is 3.65. The van der Waals surface area contributed by atoms with Crippen molar-refractivity contribution in [1.29, 1.82) is 0 Å². The first-order valence-electron chi connectivity index (χ1n) is 8.19. The Bertz CT molecular complexity index is 641. The number of primary amides is 1. The second-order valence-corrected chi connectivity index (χ2v) is 6.30. The van der Waals surface area contributed by atoms with Gasteiger partial charge < -0.3 is 21.1 Å². The second-order valence-electron chi connectivity index (χ2n) is 6.30. The Kier molecular flexibility index (Phi) is 6.49. The lowest BCUT2D eigenvalue weighted by Gasteiger charge is -2.33. The number of amides is 2. The highest BCUT2D eigenvalue weighted by Gasteiger charge is 2.26. The van der Waals surface area contributed by atoms with Gasteiger partial charge in [-0.2, -0.15) is 0 Å². The molecule has 8 nitrogen and oxygen atoms in total. The molecule has 0 aliphatic carbocycles. The van der Waals surface area contributed by atoms with E-state index in [1.807, 2.05) is 7.05 Å². The Hall–Kier alpha value is -2.45. The number of nitrogens with zero attached hydrogens (tertiary/aromatic N) is 2. The fourth-order valence-corrected chi connectivity index (χ4v) is 2.80. The molecule has 1 atom stereocenters. The molecule has 0 radical (unpaired) electrons.